The molecule has 0 aliphatic rings. The molecule has 7 heteroatoms. The number of benzene rings is 2. The molecule has 1 amide bonds. The number of ether oxygens (including phenoxy) is 1. The predicted molar refractivity (Wildman–Crippen MR) is 93.8 cm³/mol. The van der Waals surface area contributed by atoms with Gasteiger partial charge in [0.05, 0.1) is 19.4 Å². The van der Waals surface area contributed by atoms with Crippen LogP contribution in [0.2, 0.25) is 0 Å². The first kappa shape index (κ1) is 17.8. The summed E-state index contributed by atoms with van der Waals surface area (Å²) >= 11 is 0. The fourth-order valence-electron chi connectivity index (χ4n) is 2.16. The maximum Gasteiger partial charge on any atom is 0.251 e. The third-order valence-electron chi connectivity index (χ3n) is 3.41. The largest absolute Gasteiger partial charge is 0.497 e. The summed E-state index contributed by atoms with van der Waals surface area (Å²) in [6.07, 6.45) is 1.07. The van der Waals surface area contributed by atoms with Crippen LogP contribution in [0.3, 0.4) is 0 Å². The summed E-state index contributed by atoms with van der Waals surface area (Å²) in [7, 11) is -1.73. The molecule has 2 aromatic carbocycles. The van der Waals surface area contributed by atoms with Gasteiger partial charge in [-0.1, -0.05) is 12.1 Å². The van der Waals surface area contributed by atoms with Crippen molar-refractivity contribution in [3.63, 3.8) is 0 Å². The van der Waals surface area contributed by atoms with E-state index in [0.29, 0.717) is 11.3 Å². The van der Waals surface area contributed by atoms with Crippen molar-refractivity contribution in [3.8, 4) is 5.75 Å². The van der Waals surface area contributed by atoms with Gasteiger partial charge in [0, 0.05) is 11.3 Å². The minimum Gasteiger partial charge on any atom is -0.497 e. The molecule has 6 nitrogen and oxygen atoms in total. The lowest BCUT2D eigenvalue weighted by Gasteiger charge is -2.15. The van der Waals surface area contributed by atoms with Crippen molar-refractivity contribution in [3.05, 3.63) is 59.7 Å². The van der Waals surface area contributed by atoms with E-state index in [1.807, 2.05) is 31.2 Å². The second-order valence-electron chi connectivity index (χ2n) is 5.42. The number of methoxy groups -OCH3 is 1. The van der Waals surface area contributed by atoms with Crippen molar-refractivity contribution in [2.75, 3.05) is 18.1 Å². The van der Waals surface area contributed by atoms with Crippen molar-refractivity contribution in [1.29, 1.82) is 0 Å². The topological polar surface area (TPSA) is 84.5 Å². The number of hydrogen-bond acceptors (Lipinski definition) is 4. The van der Waals surface area contributed by atoms with Crippen LogP contribution >= 0.6 is 0 Å². The first-order valence-electron chi connectivity index (χ1n) is 7.31. The molecule has 0 aromatic heterocycles. The Morgan fingerprint density at radius 1 is 1.04 bits per heavy atom. The van der Waals surface area contributed by atoms with Crippen LogP contribution < -0.4 is 14.8 Å². The monoisotopic (exact) mass is 348 g/mol. The minimum atomic E-state index is -3.33. The number of nitrogens with one attached hydrogen (secondary N) is 2. The number of rotatable bonds is 6. The van der Waals surface area contributed by atoms with E-state index < -0.39 is 10.0 Å². The lowest BCUT2D eigenvalue weighted by molar-refractivity contribution is 0.0940. The van der Waals surface area contributed by atoms with Crippen molar-refractivity contribution in [2.45, 2.75) is 13.0 Å². The molecule has 2 aromatic rings. The van der Waals surface area contributed by atoms with Gasteiger partial charge in [-0.3, -0.25) is 9.52 Å². The molecule has 2 rings (SSSR count). The molecule has 128 valence electrons. The summed E-state index contributed by atoms with van der Waals surface area (Å²) < 4.78 is 29.8. The van der Waals surface area contributed by atoms with E-state index >= 15 is 0 Å². The molecule has 0 fully saturated rings. The Morgan fingerprint density at radius 3 is 2.12 bits per heavy atom. The van der Waals surface area contributed by atoms with E-state index in [9.17, 15) is 13.2 Å². The standard InChI is InChI=1S/C17H20N2O4S/c1-12(13-6-10-16(23-2)11-7-13)18-17(20)14-4-8-15(9-5-14)19-24(3,21)22/h4-12,19H,1-3H3,(H,18,20). The highest BCUT2D eigenvalue weighted by molar-refractivity contribution is 7.92. The van der Waals surface area contributed by atoms with Gasteiger partial charge in [-0.2, -0.15) is 0 Å². The van der Waals surface area contributed by atoms with E-state index in [4.69, 9.17) is 4.74 Å². The summed E-state index contributed by atoms with van der Waals surface area (Å²) in [5.41, 5.74) is 1.83. The molecule has 0 aliphatic heterocycles. The van der Waals surface area contributed by atoms with Gasteiger partial charge in [0.15, 0.2) is 0 Å². The molecular formula is C17H20N2O4S. The average molecular weight is 348 g/mol. The Morgan fingerprint density at radius 2 is 1.62 bits per heavy atom. The second-order valence-corrected chi connectivity index (χ2v) is 7.17. The van der Waals surface area contributed by atoms with Crippen LogP contribution in [0.25, 0.3) is 0 Å². The Balaban J connectivity index is 2.03. The Bertz CT molecular complexity index is 799. The summed E-state index contributed by atoms with van der Waals surface area (Å²) in [5.74, 6) is 0.524. The summed E-state index contributed by atoms with van der Waals surface area (Å²) in [6.45, 7) is 1.89. The van der Waals surface area contributed by atoms with Crippen molar-refractivity contribution in [2.24, 2.45) is 0 Å². The molecule has 0 bridgehead atoms. The average Bonchev–Trinajstić information content (AvgIpc) is 2.54. The molecule has 1 unspecified atom stereocenters. The van der Waals surface area contributed by atoms with Crippen LogP contribution in [-0.4, -0.2) is 27.7 Å². The number of hydrogen-bond donors (Lipinski definition) is 2. The Labute approximate surface area is 141 Å². The van der Waals surface area contributed by atoms with Gasteiger partial charge in [0.25, 0.3) is 5.91 Å². The second kappa shape index (κ2) is 7.35. The lowest BCUT2D eigenvalue weighted by Crippen LogP contribution is -2.26. The number of anilines is 1. The van der Waals surface area contributed by atoms with Crippen LogP contribution in [0.5, 0.6) is 5.75 Å². The highest BCUT2D eigenvalue weighted by atomic mass is 32.2. The fourth-order valence-corrected chi connectivity index (χ4v) is 2.72. The molecular weight excluding hydrogens is 328 g/mol. The molecule has 0 spiro atoms. The van der Waals surface area contributed by atoms with Crippen LogP contribution in [0.4, 0.5) is 5.69 Å². The number of carbonyl (C=O) groups excluding carboxylic acids is 1. The maximum absolute atomic E-state index is 12.3. The maximum atomic E-state index is 12.3. The van der Waals surface area contributed by atoms with Gasteiger partial charge in [-0.05, 0) is 48.9 Å². The van der Waals surface area contributed by atoms with E-state index in [2.05, 4.69) is 10.0 Å². The van der Waals surface area contributed by atoms with E-state index in [1.165, 1.54) is 0 Å². The van der Waals surface area contributed by atoms with Crippen molar-refractivity contribution >= 4 is 21.6 Å². The predicted octanol–water partition coefficient (Wildman–Crippen LogP) is 2.56. The van der Waals surface area contributed by atoms with Crippen LogP contribution in [0.1, 0.15) is 28.9 Å². The van der Waals surface area contributed by atoms with Crippen LogP contribution in [0, 0.1) is 0 Å². The molecule has 0 radical (unpaired) electrons. The minimum absolute atomic E-state index is 0.169. The zero-order valence-corrected chi connectivity index (χ0v) is 14.6. The molecule has 0 heterocycles. The van der Waals surface area contributed by atoms with E-state index in [-0.39, 0.29) is 11.9 Å². The van der Waals surface area contributed by atoms with Crippen molar-refractivity contribution in [1.82, 2.24) is 5.32 Å². The molecule has 1 atom stereocenters. The number of carbonyl (C=O) groups is 1. The normalized spacial score (nSPS) is 12.3. The van der Waals surface area contributed by atoms with Gasteiger partial charge >= 0.3 is 0 Å². The fraction of sp³-hybridized carbons (Fsp3) is 0.235. The quantitative estimate of drug-likeness (QED) is 0.840. The van der Waals surface area contributed by atoms with Crippen molar-refractivity contribution < 1.29 is 17.9 Å². The van der Waals surface area contributed by atoms with Crippen LogP contribution in [0.15, 0.2) is 48.5 Å². The van der Waals surface area contributed by atoms with Gasteiger partial charge in [-0.25, -0.2) is 8.42 Å². The summed E-state index contributed by atoms with van der Waals surface area (Å²) in [6, 6.07) is 13.5. The van der Waals surface area contributed by atoms with E-state index in [0.717, 1.165) is 17.6 Å². The van der Waals surface area contributed by atoms with Gasteiger partial charge < -0.3 is 10.1 Å². The van der Waals surface area contributed by atoms with Crippen LogP contribution in [-0.2, 0) is 10.0 Å². The summed E-state index contributed by atoms with van der Waals surface area (Å²) in [5, 5.41) is 2.90. The Hall–Kier alpha value is -2.54. The molecule has 2 N–H and O–H groups in total. The van der Waals surface area contributed by atoms with Gasteiger partial charge in [0.2, 0.25) is 10.0 Å². The SMILES string of the molecule is COc1ccc(C(C)NC(=O)c2ccc(NS(C)(=O)=O)cc2)cc1. The zero-order chi connectivity index (χ0) is 17.7. The molecule has 0 aliphatic carbocycles. The number of amides is 1. The number of sulfonamides is 1. The first-order valence-corrected chi connectivity index (χ1v) is 9.20. The molecule has 0 saturated heterocycles. The molecule has 24 heavy (non-hydrogen) atoms. The Kier molecular flexibility index (Phi) is 5.46. The highest BCUT2D eigenvalue weighted by Gasteiger charge is 2.12. The smallest absolute Gasteiger partial charge is 0.251 e. The third kappa shape index (κ3) is 4.99. The molecule has 0 saturated carbocycles. The third-order valence-corrected chi connectivity index (χ3v) is 4.02. The van der Waals surface area contributed by atoms with Gasteiger partial charge in [-0.15, -0.1) is 0 Å². The van der Waals surface area contributed by atoms with Gasteiger partial charge in [0.1, 0.15) is 5.75 Å². The van der Waals surface area contributed by atoms with E-state index in [1.54, 1.807) is 31.4 Å². The zero-order valence-electron chi connectivity index (χ0n) is 13.7. The lowest BCUT2D eigenvalue weighted by atomic mass is 10.1. The summed E-state index contributed by atoms with van der Waals surface area (Å²) in [4.78, 5) is 12.3. The highest BCUT2D eigenvalue weighted by Crippen LogP contribution is 2.18. The first-order chi connectivity index (χ1) is 11.3.